The van der Waals surface area contributed by atoms with Gasteiger partial charge in [-0.3, -0.25) is 0 Å². The number of nitrogen functional groups attached to an aromatic ring is 1. The van der Waals surface area contributed by atoms with E-state index in [9.17, 15) is 8.78 Å². The number of aryl methyl sites for hydroxylation is 1. The van der Waals surface area contributed by atoms with Crippen molar-refractivity contribution in [3.8, 4) is 11.3 Å². The van der Waals surface area contributed by atoms with Gasteiger partial charge in [0.15, 0.2) is 11.6 Å². The number of hydrogen-bond acceptors (Lipinski definition) is 3. The van der Waals surface area contributed by atoms with E-state index in [1.807, 2.05) is 0 Å². The summed E-state index contributed by atoms with van der Waals surface area (Å²) in [6.07, 6.45) is 0. The van der Waals surface area contributed by atoms with Crippen molar-refractivity contribution in [3.63, 3.8) is 0 Å². The minimum absolute atomic E-state index is 0.0404. The molecule has 2 aromatic rings. The third kappa shape index (κ3) is 1.84. The maximum absolute atomic E-state index is 13.5. The quantitative estimate of drug-likeness (QED) is 0.803. The average Bonchev–Trinajstić information content (AvgIpc) is 2.20. The Balaban J connectivity index is 2.63. The first-order valence-electron chi connectivity index (χ1n) is 4.63. The minimum atomic E-state index is -0.931. The Bertz CT molecular complexity index is 520. The molecule has 3 nitrogen and oxygen atoms in total. The van der Waals surface area contributed by atoms with Gasteiger partial charge in [-0.2, -0.15) is 0 Å². The molecular weight excluding hydrogens is 212 g/mol. The SMILES string of the molecule is Cc1cc(-c2cccc(F)c2F)nc(N)n1. The highest BCUT2D eigenvalue weighted by Crippen LogP contribution is 2.23. The summed E-state index contributed by atoms with van der Waals surface area (Å²) in [5, 5.41) is 0. The van der Waals surface area contributed by atoms with E-state index in [0.29, 0.717) is 5.69 Å². The number of aromatic nitrogens is 2. The molecule has 1 heterocycles. The van der Waals surface area contributed by atoms with E-state index in [4.69, 9.17) is 5.73 Å². The van der Waals surface area contributed by atoms with Gasteiger partial charge in [-0.25, -0.2) is 18.7 Å². The lowest BCUT2D eigenvalue weighted by molar-refractivity contribution is 0.511. The zero-order valence-electron chi connectivity index (χ0n) is 8.54. The van der Waals surface area contributed by atoms with Crippen LogP contribution in [0.3, 0.4) is 0 Å². The van der Waals surface area contributed by atoms with Crippen LogP contribution in [0.2, 0.25) is 0 Å². The van der Waals surface area contributed by atoms with Crippen LogP contribution in [0.5, 0.6) is 0 Å². The van der Waals surface area contributed by atoms with E-state index in [0.717, 1.165) is 6.07 Å². The molecule has 1 aromatic heterocycles. The average molecular weight is 221 g/mol. The zero-order chi connectivity index (χ0) is 11.7. The predicted molar refractivity (Wildman–Crippen MR) is 56.5 cm³/mol. The van der Waals surface area contributed by atoms with Gasteiger partial charge in [-0.1, -0.05) is 6.07 Å². The van der Waals surface area contributed by atoms with Crippen molar-refractivity contribution >= 4 is 5.95 Å². The summed E-state index contributed by atoms with van der Waals surface area (Å²) in [5.41, 5.74) is 6.41. The highest BCUT2D eigenvalue weighted by atomic mass is 19.2. The molecule has 2 N–H and O–H groups in total. The Labute approximate surface area is 91.0 Å². The van der Waals surface area contributed by atoms with Crippen molar-refractivity contribution in [2.24, 2.45) is 0 Å². The third-order valence-electron chi connectivity index (χ3n) is 2.10. The number of nitrogens with zero attached hydrogens (tertiary/aromatic N) is 2. The second-order valence-electron chi connectivity index (χ2n) is 3.35. The molecule has 1 aromatic carbocycles. The van der Waals surface area contributed by atoms with Gasteiger partial charge in [0, 0.05) is 11.3 Å². The molecule has 0 aliphatic heterocycles. The molecule has 0 amide bonds. The molecule has 0 saturated carbocycles. The fraction of sp³-hybridized carbons (Fsp3) is 0.0909. The Hall–Kier alpha value is -2.04. The molecule has 2 rings (SSSR count). The molecule has 82 valence electrons. The molecule has 0 fully saturated rings. The van der Waals surface area contributed by atoms with Gasteiger partial charge >= 0.3 is 0 Å². The van der Waals surface area contributed by atoms with E-state index >= 15 is 0 Å². The van der Waals surface area contributed by atoms with Crippen molar-refractivity contribution in [2.75, 3.05) is 5.73 Å². The van der Waals surface area contributed by atoms with Gasteiger partial charge in [0.25, 0.3) is 0 Å². The number of halogens is 2. The fourth-order valence-corrected chi connectivity index (χ4v) is 1.43. The molecule has 0 radical (unpaired) electrons. The molecule has 0 spiro atoms. The topological polar surface area (TPSA) is 51.8 Å². The van der Waals surface area contributed by atoms with Gasteiger partial charge < -0.3 is 5.73 Å². The lowest BCUT2D eigenvalue weighted by Gasteiger charge is -2.04. The number of rotatable bonds is 1. The number of benzene rings is 1. The Morgan fingerprint density at radius 2 is 1.94 bits per heavy atom. The van der Waals surface area contributed by atoms with Gasteiger partial charge in [-0.15, -0.1) is 0 Å². The number of anilines is 1. The molecular formula is C11H9F2N3. The van der Waals surface area contributed by atoms with Crippen molar-refractivity contribution in [3.05, 3.63) is 41.6 Å². The standard InChI is InChI=1S/C11H9F2N3/c1-6-5-9(16-11(14)15-6)7-3-2-4-8(12)10(7)13/h2-5H,1H3,(H2,14,15,16). The Kier molecular flexibility index (Phi) is 2.52. The third-order valence-corrected chi connectivity index (χ3v) is 2.10. The van der Waals surface area contributed by atoms with Gasteiger partial charge in [0.2, 0.25) is 5.95 Å². The highest BCUT2D eigenvalue weighted by molar-refractivity contribution is 5.61. The summed E-state index contributed by atoms with van der Waals surface area (Å²) in [4.78, 5) is 7.73. The Morgan fingerprint density at radius 1 is 1.19 bits per heavy atom. The number of nitrogens with two attached hydrogens (primary N) is 1. The van der Waals surface area contributed by atoms with Crippen LogP contribution in [-0.2, 0) is 0 Å². The zero-order valence-corrected chi connectivity index (χ0v) is 8.54. The van der Waals surface area contributed by atoms with Crippen LogP contribution in [-0.4, -0.2) is 9.97 Å². The first-order valence-corrected chi connectivity index (χ1v) is 4.63. The van der Waals surface area contributed by atoms with Crippen LogP contribution in [0.4, 0.5) is 14.7 Å². The summed E-state index contributed by atoms with van der Waals surface area (Å²) < 4.78 is 26.5. The smallest absolute Gasteiger partial charge is 0.220 e. The lowest BCUT2D eigenvalue weighted by atomic mass is 10.1. The van der Waals surface area contributed by atoms with Crippen LogP contribution in [0, 0.1) is 18.6 Å². The van der Waals surface area contributed by atoms with Crippen LogP contribution in [0.15, 0.2) is 24.3 Å². The largest absolute Gasteiger partial charge is 0.368 e. The molecule has 0 aliphatic carbocycles. The maximum atomic E-state index is 13.5. The van der Waals surface area contributed by atoms with Gasteiger partial charge in [-0.05, 0) is 25.1 Å². The van der Waals surface area contributed by atoms with Crippen molar-refractivity contribution in [1.29, 1.82) is 0 Å². The number of hydrogen-bond donors (Lipinski definition) is 1. The lowest BCUT2D eigenvalue weighted by Crippen LogP contribution is -1.99. The maximum Gasteiger partial charge on any atom is 0.220 e. The van der Waals surface area contributed by atoms with Gasteiger partial charge in [0.05, 0.1) is 5.69 Å². The van der Waals surface area contributed by atoms with Crippen LogP contribution >= 0.6 is 0 Å². The minimum Gasteiger partial charge on any atom is -0.368 e. The van der Waals surface area contributed by atoms with Crippen LogP contribution in [0.25, 0.3) is 11.3 Å². The summed E-state index contributed by atoms with van der Waals surface area (Å²) >= 11 is 0. The summed E-state index contributed by atoms with van der Waals surface area (Å²) in [5.74, 6) is -1.80. The molecule has 0 atom stereocenters. The normalized spacial score (nSPS) is 10.4. The Morgan fingerprint density at radius 3 is 2.62 bits per heavy atom. The van der Waals surface area contributed by atoms with Crippen molar-refractivity contribution < 1.29 is 8.78 Å². The summed E-state index contributed by atoms with van der Waals surface area (Å²) in [6, 6.07) is 5.46. The van der Waals surface area contributed by atoms with E-state index < -0.39 is 11.6 Å². The summed E-state index contributed by atoms with van der Waals surface area (Å²) in [7, 11) is 0. The second kappa shape index (κ2) is 3.84. The van der Waals surface area contributed by atoms with Crippen LogP contribution in [0.1, 0.15) is 5.69 Å². The van der Waals surface area contributed by atoms with Crippen LogP contribution < -0.4 is 5.73 Å². The van der Waals surface area contributed by atoms with Crippen molar-refractivity contribution in [1.82, 2.24) is 9.97 Å². The molecule has 0 aliphatic rings. The fourth-order valence-electron chi connectivity index (χ4n) is 1.43. The van der Waals surface area contributed by atoms with E-state index in [1.54, 1.807) is 13.0 Å². The molecule has 0 unspecified atom stereocenters. The molecule has 16 heavy (non-hydrogen) atoms. The predicted octanol–water partition coefficient (Wildman–Crippen LogP) is 2.31. The summed E-state index contributed by atoms with van der Waals surface area (Å²) in [6.45, 7) is 1.71. The van der Waals surface area contributed by atoms with Crippen molar-refractivity contribution in [2.45, 2.75) is 6.92 Å². The molecule has 0 bridgehead atoms. The van der Waals surface area contributed by atoms with E-state index in [1.165, 1.54) is 12.1 Å². The molecule has 0 saturated heterocycles. The van der Waals surface area contributed by atoms with E-state index in [2.05, 4.69) is 9.97 Å². The second-order valence-corrected chi connectivity index (χ2v) is 3.35. The van der Waals surface area contributed by atoms with Gasteiger partial charge in [0.1, 0.15) is 0 Å². The monoisotopic (exact) mass is 221 g/mol. The first kappa shape index (κ1) is 10.5. The molecule has 5 heteroatoms. The van der Waals surface area contributed by atoms with E-state index in [-0.39, 0.29) is 17.2 Å². The highest BCUT2D eigenvalue weighted by Gasteiger charge is 2.11. The first-order chi connectivity index (χ1) is 7.58.